The molecule has 1 aromatic heterocycles. The monoisotopic (exact) mass is 617 g/mol. The van der Waals surface area contributed by atoms with E-state index < -0.39 is 57.4 Å². The van der Waals surface area contributed by atoms with Gasteiger partial charge < -0.3 is 19.4 Å². The van der Waals surface area contributed by atoms with Crippen LogP contribution in [0.25, 0.3) is 0 Å². The molecule has 0 saturated carbocycles. The van der Waals surface area contributed by atoms with Gasteiger partial charge in [0.25, 0.3) is 0 Å². The molecule has 14 heteroatoms. The number of rotatable bonds is 7. The van der Waals surface area contributed by atoms with Gasteiger partial charge in [-0.1, -0.05) is 0 Å². The first-order valence-corrected chi connectivity index (χ1v) is 14.9. The highest BCUT2D eigenvalue weighted by atomic mass is 16.5. The number of amides is 4. The van der Waals surface area contributed by atoms with Crippen LogP contribution < -0.4 is 8.97 Å². The van der Waals surface area contributed by atoms with Crippen molar-refractivity contribution in [3.63, 3.8) is 0 Å². The smallest absolute Gasteiger partial charge is 0.408 e. The number of nitrogens with zero attached hydrogens (tertiary/aromatic N) is 5. The van der Waals surface area contributed by atoms with Crippen molar-refractivity contribution in [1.82, 2.24) is 23.7 Å². The van der Waals surface area contributed by atoms with Crippen molar-refractivity contribution in [3.05, 3.63) is 77.3 Å². The molecule has 0 aliphatic carbocycles. The fourth-order valence-corrected chi connectivity index (χ4v) is 7.44. The number of hydrogen-bond acceptors (Lipinski definition) is 8. The molecule has 2 atom stereocenters. The molecule has 2 N–H and O–H groups in total. The minimum Gasteiger partial charge on any atom is -0.466 e. The van der Waals surface area contributed by atoms with Crippen molar-refractivity contribution >= 4 is 41.7 Å². The van der Waals surface area contributed by atoms with Crippen LogP contribution in [-0.4, -0.2) is 86.7 Å². The average molecular weight is 618 g/mol. The van der Waals surface area contributed by atoms with E-state index >= 15 is 0 Å². The minimum atomic E-state index is -1.22. The normalized spacial score (nSPS) is 24.6. The van der Waals surface area contributed by atoms with E-state index in [4.69, 9.17) is 14.1 Å². The van der Waals surface area contributed by atoms with E-state index in [1.165, 1.54) is 0 Å². The molecule has 7 heterocycles. The number of carbonyl (C=O) groups is 5. The molecule has 0 spiro atoms. The van der Waals surface area contributed by atoms with Crippen LogP contribution in [0, 0.1) is 0 Å². The number of fused-ring (bicyclic) bond motifs is 4. The van der Waals surface area contributed by atoms with E-state index in [0.717, 1.165) is 9.80 Å². The predicted molar refractivity (Wildman–Crippen MR) is 157 cm³/mol. The van der Waals surface area contributed by atoms with Gasteiger partial charge in [0.2, 0.25) is 5.89 Å². The third-order valence-electron chi connectivity index (χ3n) is 9.34. The van der Waals surface area contributed by atoms with Gasteiger partial charge in [-0.25, -0.2) is 19.2 Å². The molecular formula is C31H31N5O9+2. The fraction of sp³-hybridized carbons (Fsp3) is 0.355. The van der Waals surface area contributed by atoms with Crippen molar-refractivity contribution in [2.45, 2.75) is 51.1 Å². The summed E-state index contributed by atoms with van der Waals surface area (Å²) in [5.41, 5.74) is 1.89. The molecule has 4 amide bonds. The number of quaternary nitrogens is 2. The maximum atomic E-state index is 14.8. The van der Waals surface area contributed by atoms with Crippen LogP contribution >= 0.6 is 0 Å². The Labute approximate surface area is 256 Å². The van der Waals surface area contributed by atoms with Gasteiger partial charge in [0.05, 0.1) is 6.61 Å². The molecule has 232 valence electrons. The first-order valence-electron chi connectivity index (χ1n) is 14.9. The Morgan fingerprint density at radius 1 is 0.822 bits per heavy atom. The summed E-state index contributed by atoms with van der Waals surface area (Å²) in [6.07, 6.45) is 12.6. The summed E-state index contributed by atoms with van der Waals surface area (Å²) < 4.78 is 10.2. The maximum absolute atomic E-state index is 14.8. The van der Waals surface area contributed by atoms with Gasteiger partial charge in [0, 0.05) is 61.7 Å². The lowest BCUT2D eigenvalue weighted by atomic mass is 10.1. The van der Waals surface area contributed by atoms with E-state index in [-0.39, 0.29) is 43.7 Å². The maximum Gasteiger partial charge on any atom is 0.408 e. The lowest BCUT2D eigenvalue weighted by Gasteiger charge is -2.35. The van der Waals surface area contributed by atoms with Crippen molar-refractivity contribution in [2.75, 3.05) is 19.7 Å². The summed E-state index contributed by atoms with van der Waals surface area (Å²) in [5.74, 6) is -1.78. The number of carbonyl (C=O) groups excluding carboxylic acids is 3. The quantitative estimate of drug-likeness (QED) is 0.342. The number of oxazole rings is 1. The number of ether oxygens (including phenoxy) is 1. The van der Waals surface area contributed by atoms with Gasteiger partial charge in [0.15, 0.2) is 34.9 Å². The molecule has 6 aliphatic heterocycles. The molecule has 6 aliphatic rings. The van der Waals surface area contributed by atoms with Crippen LogP contribution in [0.1, 0.15) is 38.5 Å². The Kier molecular flexibility index (Phi) is 6.53. The number of hydrogen-bond donors (Lipinski definition) is 2. The first-order chi connectivity index (χ1) is 21.6. The van der Waals surface area contributed by atoms with Gasteiger partial charge in [0.1, 0.15) is 6.42 Å². The van der Waals surface area contributed by atoms with E-state index in [2.05, 4.69) is 0 Å². The molecule has 2 saturated heterocycles. The molecule has 7 rings (SSSR count). The fourth-order valence-electron chi connectivity index (χ4n) is 7.44. The summed E-state index contributed by atoms with van der Waals surface area (Å²) in [6.45, 7) is 2.14. The highest BCUT2D eigenvalue weighted by Gasteiger charge is 2.67. The number of allylic oxidation sites excluding steroid dienone is 8. The average Bonchev–Trinajstić information content (AvgIpc) is 3.87. The number of esters is 1. The van der Waals surface area contributed by atoms with E-state index in [1.54, 1.807) is 55.5 Å². The largest absolute Gasteiger partial charge is 0.466 e. The molecule has 4 bridgehead atoms. The van der Waals surface area contributed by atoms with Gasteiger partial charge >= 0.3 is 41.7 Å². The Hall–Kier alpha value is -5.08. The molecule has 0 unspecified atom stereocenters. The lowest BCUT2D eigenvalue weighted by Crippen LogP contribution is -2.60. The number of likely N-dealkylation sites (tertiary alicyclic amines) is 2. The lowest BCUT2D eigenvalue weighted by molar-refractivity contribution is -0.142. The van der Waals surface area contributed by atoms with E-state index in [9.17, 15) is 34.2 Å². The van der Waals surface area contributed by atoms with Gasteiger partial charge in [-0.05, 0) is 32.6 Å². The second kappa shape index (κ2) is 10.2. The molecule has 0 radical (unpaired) electrons. The zero-order valence-corrected chi connectivity index (χ0v) is 24.4. The standard InChI is InChI=1S/C31H29N5O9/c1-2-44-25(37)17-24-32-26(35(18-7-8-19(35)10-9-18)27(38)22-5-3-15-33(22)30(40)41)29(45-24)36(20-11-12-21(36)14-13-20)28(39)23-6-4-16-34(23)31(42)43/h7-14,22-23H,2-6,15-17H2,1H3/p+2/t22-,23-/m0/s1. The van der Waals surface area contributed by atoms with Crippen LogP contribution in [-0.2, 0) is 25.5 Å². The summed E-state index contributed by atoms with van der Waals surface area (Å²) >= 11 is 0. The Morgan fingerprint density at radius 3 is 1.73 bits per heavy atom. The highest BCUT2D eigenvalue weighted by molar-refractivity contribution is 6.07. The predicted octanol–water partition coefficient (Wildman–Crippen LogP) is 3.44. The van der Waals surface area contributed by atoms with E-state index in [1.807, 2.05) is 0 Å². The van der Waals surface area contributed by atoms with Crippen molar-refractivity contribution < 1.29 is 43.3 Å². The first kappa shape index (κ1) is 28.7. The highest BCUT2D eigenvalue weighted by Crippen LogP contribution is 2.56. The van der Waals surface area contributed by atoms with Gasteiger partial charge in [-0.2, -0.15) is 4.98 Å². The van der Waals surface area contributed by atoms with Crippen LogP contribution in [0.15, 0.2) is 75.8 Å². The molecule has 1 aromatic rings. The Bertz CT molecular complexity index is 1600. The van der Waals surface area contributed by atoms with E-state index in [0.29, 0.717) is 42.1 Å². The third kappa shape index (κ3) is 3.82. The number of aromatic nitrogens is 1. The topological polar surface area (TPSA) is 168 Å². The minimum absolute atomic E-state index is 0.00663. The van der Waals surface area contributed by atoms with Crippen molar-refractivity contribution in [3.8, 4) is 0 Å². The summed E-state index contributed by atoms with van der Waals surface area (Å²) in [6, 6.07) is -2.04. The van der Waals surface area contributed by atoms with Gasteiger partial charge in [-0.3, -0.25) is 14.6 Å². The van der Waals surface area contributed by atoms with Crippen molar-refractivity contribution in [2.24, 2.45) is 0 Å². The van der Waals surface area contributed by atoms with Gasteiger partial charge in [-0.15, -0.1) is 8.97 Å². The van der Waals surface area contributed by atoms with Crippen LogP contribution in [0.4, 0.5) is 21.3 Å². The SMILES string of the molecule is CCOC(=O)Cc1nc([N+]2(C(=O)[C@@H]3CCCN3C(=O)O)C3=CC=C2C=C3)c([N+]2(C(=O)[C@@H]3CCCN3C(=O)O)C3=CC=C2C=C3)o1. The summed E-state index contributed by atoms with van der Waals surface area (Å²) in [7, 11) is 0. The second-order valence-corrected chi connectivity index (χ2v) is 11.5. The van der Waals surface area contributed by atoms with Crippen molar-refractivity contribution in [1.29, 1.82) is 0 Å². The third-order valence-corrected chi connectivity index (χ3v) is 9.34. The summed E-state index contributed by atoms with van der Waals surface area (Å²) in [4.78, 5) is 73.7. The zero-order chi connectivity index (χ0) is 31.7. The van der Waals surface area contributed by atoms with Crippen LogP contribution in [0.5, 0.6) is 0 Å². The Balaban J connectivity index is 1.46. The molecular weight excluding hydrogens is 586 g/mol. The zero-order valence-electron chi connectivity index (χ0n) is 24.4. The molecule has 0 aromatic carbocycles. The Morgan fingerprint density at radius 2 is 1.29 bits per heavy atom. The second-order valence-electron chi connectivity index (χ2n) is 11.5. The van der Waals surface area contributed by atoms with Crippen LogP contribution in [0.3, 0.4) is 0 Å². The summed E-state index contributed by atoms with van der Waals surface area (Å²) in [5, 5.41) is 19.9. The molecule has 2 fully saturated rings. The van der Waals surface area contributed by atoms with Crippen LogP contribution in [0.2, 0.25) is 0 Å². The number of carboxylic acid groups (broad SMARTS) is 2. The molecule has 45 heavy (non-hydrogen) atoms. The molecule has 14 nitrogen and oxygen atoms in total.